The van der Waals surface area contributed by atoms with E-state index in [1.807, 2.05) is 0 Å². The zero-order chi connectivity index (χ0) is 27.4. The molecule has 4 rings (SSSR count). The second-order valence-corrected chi connectivity index (χ2v) is 13.9. The molecule has 0 aliphatic heterocycles. The quantitative estimate of drug-likeness (QED) is 0.295. The topological polar surface area (TPSA) is 71.1 Å². The summed E-state index contributed by atoms with van der Waals surface area (Å²) in [6.07, 6.45) is 10.6. The molecule has 6 heteroatoms. The standard InChI is InChI=1S/C32H54O6/c1-19(2)23-9-7-21(5)15-29(23)35-17-31(33)37-27-13-11-26-25(27)12-14-28(26)38-32(34)18-36-30-16-22(6)8-10-24(30)20(3)4/h19-30H,7-18H2,1-6H3/t21-,22-,23+,24+,25+,26+,27-,28-,29-,30-/m1/s1. The number of rotatable bonds is 10. The van der Waals surface area contributed by atoms with E-state index in [9.17, 15) is 9.59 Å². The molecule has 0 unspecified atom stereocenters. The van der Waals surface area contributed by atoms with Gasteiger partial charge in [0, 0.05) is 11.8 Å². The van der Waals surface area contributed by atoms with Crippen LogP contribution in [0, 0.1) is 47.3 Å². The maximum absolute atomic E-state index is 12.7. The van der Waals surface area contributed by atoms with Crippen LogP contribution in [0.4, 0.5) is 0 Å². The van der Waals surface area contributed by atoms with E-state index in [0.29, 0.717) is 35.5 Å². The van der Waals surface area contributed by atoms with Gasteiger partial charge in [0.2, 0.25) is 0 Å². The zero-order valence-electron chi connectivity index (χ0n) is 24.9. The Kier molecular flexibility index (Phi) is 10.6. The fourth-order valence-electron chi connectivity index (χ4n) is 8.15. The molecule has 38 heavy (non-hydrogen) atoms. The molecule has 0 spiro atoms. The third-order valence-electron chi connectivity index (χ3n) is 10.4. The van der Waals surface area contributed by atoms with Gasteiger partial charge in [-0.2, -0.15) is 0 Å². The van der Waals surface area contributed by atoms with E-state index in [0.717, 1.165) is 38.5 Å². The summed E-state index contributed by atoms with van der Waals surface area (Å²) in [6, 6.07) is 0. The minimum atomic E-state index is -0.244. The highest BCUT2D eigenvalue weighted by Gasteiger charge is 2.48. The summed E-state index contributed by atoms with van der Waals surface area (Å²) in [5, 5.41) is 0. The van der Waals surface area contributed by atoms with E-state index >= 15 is 0 Å². The van der Waals surface area contributed by atoms with Crippen LogP contribution >= 0.6 is 0 Å². The van der Waals surface area contributed by atoms with Crippen LogP contribution in [-0.4, -0.2) is 49.6 Å². The van der Waals surface area contributed by atoms with Crippen molar-refractivity contribution in [3.05, 3.63) is 0 Å². The zero-order valence-corrected chi connectivity index (χ0v) is 24.9. The predicted molar refractivity (Wildman–Crippen MR) is 147 cm³/mol. The summed E-state index contributed by atoms with van der Waals surface area (Å²) in [6.45, 7) is 13.6. The molecule has 0 heterocycles. The molecule has 0 N–H and O–H groups in total. The summed E-state index contributed by atoms with van der Waals surface area (Å²) >= 11 is 0. The molecule has 0 amide bonds. The first-order valence-corrected chi connectivity index (χ1v) is 15.7. The number of hydrogen-bond donors (Lipinski definition) is 0. The summed E-state index contributed by atoms with van der Waals surface area (Å²) in [4.78, 5) is 25.5. The average Bonchev–Trinajstić information content (AvgIpc) is 3.44. The van der Waals surface area contributed by atoms with E-state index in [1.54, 1.807) is 0 Å². The van der Waals surface area contributed by atoms with Gasteiger partial charge in [0.25, 0.3) is 0 Å². The van der Waals surface area contributed by atoms with Gasteiger partial charge in [-0.3, -0.25) is 0 Å². The number of carbonyl (C=O) groups is 2. The van der Waals surface area contributed by atoms with Gasteiger partial charge in [0.1, 0.15) is 25.4 Å². The molecule has 0 aromatic heterocycles. The Hall–Kier alpha value is -1.14. The SMILES string of the molecule is CC(C)[C@@H]1CC[C@@H](C)C[C@H]1OCC(=O)O[C@@H]1CC[C@H]2[C@@H]1CC[C@H]2OC(=O)CO[C@@H]1C[C@H](C)CC[C@H]1C(C)C. The molecule has 4 aliphatic rings. The van der Waals surface area contributed by atoms with E-state index in [4.69, 9.17) is 18.9 Å². The average molecular weight is 535 g/mol. The number of ether oxygens (including phenoxy) is 4. The minimum Gasteiger partial charge on any atom is -0.460 e. The fourth-order valence-corrected chi connectivity index (χ4v) is 8.15. The Morgan fingerprint density at radius 3 is 1.34 bits per heavy atom. The molecule has 0 aromatic rings. The molecule has 4 saturated carbocycles. The Labute approximate surface area is 231 Å². The van der Waals surface area contributed by atoms with E-state index < -0.39 is 0 Å². The number of hydrogen-bond acceptors (Lipinski definition) is 6. The van der Waals surface area contributed by atoms with Crippen LogP contribution in [0.3, 0.4) is 0 Å². The summed E-state index contributed by atoms with van der Waals surface area (Å²) < 4.78 is 24.1. The van der Waals surface area contributed by atoms with Gasteiger partial charge in [-0.05, 0) is 86.9 Å². The Balaban J connectivity index is 1.20. The normalized spacial score (nSPS) is 39.4. The Bertz CT molecular complexity index is 716. The molecule has 10 atom stereocenters. The lowest BCUT2D eigenvalue weighted by atomic mass is 9.75. The lowest BCUT2D eigenvalue weighted by molar-refractivity contribution is -0.163. The van der Waals surface area contributed by atoms with Gasteiger partial charge in [0.05, 0.1) is 12.2 Å². The molecule has 4 aliphatic carbocycles. The molecule has 218 valence electrons. The third-order valence-corrected chi connectivity index (χ3v) is 10.4. The second kappa shape index (κ2) is 13.5. The van der Waals surface area contributed by atoms with Crippen molar-refractivity contribution in [3.8, 4) is 0 Å². The number of carbonyl (C=O) groups excluding carboxylic acids is 2. The third kappa shape index (κ3) is 7.53. The van der Waals surface area contributed by atoms with Gasteiger partial charge < -0.3 is 18.9 Å². The van der Waals surface area contributed by atoms with Crippen molar-refractivity contribution < 1.29 is 28.5 Å². The van der Waals surface area contributed by atoms with Gasteiger partial charge >= 0.3 is 11.9 Å². The largest absolute Gasteiger partial charge is 0.460 e. The van der Waals surface area contributed by atoms with Gasteiger partial charge in [-0.25, -0.2) is 9.59 Å². The lowest BCUT2D eigenvalue weighted by Gasteiger charge is -2.37. The van der Waals surface area contributed by atoms with Crippen LogP contribution in [0.15, 0.2) is 0 Å². The molecule has 0 bridgehead atoms. The van der Waals surface area contributed by atoms with Crippen LogP contribution in [0.25, 0.3) is 0 Å². The first kappa shape index (κ1) is 29.8. The van der Waals surface area contributed by atoms with Crippen molar-refractivity contribution in [2.75, 3.05) is 13.2 Å². The van der Waals surface area contributed by atoms with Crippen molar-refractivity contribution in [2.24, 2.45) is 47.3 Å². The molecule has 0 saturated heterocycles. The van der Waals surface area contributed by atoms with Crippen LogP contribution < -0.4 is 0 Å². The minimum absolute atomic E-state index is 0.0431. The van der Waals surface area contributed by atoms with Crippen LogP contribution in [0.1, 0.15) is 106 Å². The first-order valence-electron chi connectivity index (χ1n) is 15.7. The highest BCUT2D eigenvalue weighted by atomic mass is 16.6. The van der Waals surface area contributed by atoms with Gasteiger partial charge in [0.15, 0.2) is 0 Å². The Morgan fingerprint density at radius 2 is 0.974 bits per heavy atom. The lowest BCUT2D eigenvalue weighted by Crippen LogP contribution is -2.36. The molecular weight excluding hydrogens is 480 g/mol. The van der Waals surface area contributed by atoms with Crippen LogP contribution in [-0.2, 0) is 28.5 Å². The fraction of sp³-hybridized carbons (Fsp3) is 0.938. The molecule has 6 nitrogen and oxygen atoms in total. The molecule has 0 radical (unpaired) electrons. The van der Waals surface area contributed by atoms with Gasteiger partial charge in [-0.15, -0.1) is 0 Å². The molecule has 0 aromatic carbocycles. The maximum Gasteiger partial charge on any atom is 0.332 e. The van der Waals surface area contributed by atoms with E-state index in [2.05, 4.69) is 41.5 Å². The molecule has 4 fully saturated rings. The van der Waals surface area contributed by atoms with Crippen molar-refractivity contribution in [1.82, 2.24) is 0 Å². The summed E-state index contributed by atoms with van der Waals surface area (Å²) in [5.74, 6) is 3.51. The van der Waals surface area contributed by atoms with Crippen molar-refractivity contribution >= 4 is 11.9 Å². The number of esters is 2. The Morgan fingerprint density at radius 1 is 0.579 bits per heavy atom. The van der Waals surface area contributed by atoms with Gasteiger partial charge in [-0.1, -0.05) is 54.4 Å². The monoisotopic (exact) mass is 534 g/mol. The van der Waals surface area contributed by atoms with E-state index in [-0.39, 0.29) is 61.4 Å². The molecular formula is C32H54O6. The second-order valence-electron chi connectivity index (χ2n) is 13.9. The predicted octanol–water partition coefficient (Wildman–Crippen LogP) is 6.58. The summed E-state index contributed by atoms with van der Waals surface area (Å²) in [5.41, 5.74) is 0. The van der Waals surface area contributed by atoms with E-state index in [1.165, 1.54) is 25.7 Å². The number of fused-ring (bicyclic) bond motifs is 1. The summed E-state index contributed by atoms with van der Waals surface area (Å²) in [7, 11) is 0. The van der Waals surface area contributed by atoms with Crippen molar-refractivity contribution in [3.63, 3.8) is 0 Å². The van der Waals surface area contributed by atoms with Crippen molar-refractivity contribution in [2.45, 2.75) is 130 Å². The highest BCUT2D eigenvalue weighted by molar-refractivity contribution is 5.71. The maximum atomic E-state index is 12.7. The highest BCUT2D eigenvalue weighted by Crippen LogP contribution is 2.47. The smallest absolute Gasteiger partial charge is 0.332 e. The van der Waals surface area contributed by atoms with Crippen molar-refractivity contribution in [1.29, 1.82) is 0 Å². The first-order chi connectivity index (χ1) is 18.1. The van der Waals surface area contributed by atoms with Crippen LogP contribution in [0.5, 0.6) is 0 Å². The van der Waals surface area contributed by atoms with Crippen LogP contribution in [0.2, 0.25) is 0 Å².